The lowest BCUT2D eigenvalue weighted by Crippen LogP contribution is -2.11. The van der Waals surface area contributed by atoms with Crippen LogP contribution in [0.1, 0.15) is 41.9 Å². The van der Waals surface area contributed by atoms with Crippen LogP contribution in [0.4, 0.5) is 4.39 Å². The minimum atomic E-state index is -0.341. The molecule has 0 fully saturated rings. The van der Waals surface area contributed by atoms with Gasteiger partial charge >= 0.3 is 5.97 Å². The van der Waals surface area contributed by atoms with Gasteiger partial charge in [0.1, 0.15) is 11.4 Å². The Morgan fingerprint density at radius 2 is 2.00 bits per heavy atom. The number of halogens is 1. The van der Waals surface area contributed by atoms with Crippen molar-refractivity contribution in [3.8, 4) is 0 Å². The topological polar surface area (TPSA) is 44.1 Å². The van der Waals surface area contributed by atoms with Crippen LogP contribution in [-0.4, -0.2) is 22.4 Å². The highest BCUT2D eigenvalue weighted by atomic mass is 19.1. The van der Waals surface area contributed by atoms with Crippen molar-refractivity contribution >= 4 is 5.97 Å². The van der Waals surface area contributed by atoms with Gasteiger partial charge in [-0.05, 0) is 31.0 Å². The van der Waals surface area contributed by atoms with Crippen LogP contribution in [0.3, 0.4) is 0 Å². The van der Waals surface area contributed by atoms with Crippen LogP contribution in [0.5, 0.6) is 0 Å². The molecule has 0 atom stereocenters. The van der Waals surface area contributed by atoms with Crippen molar-refractivity contribution in [3.05, 3.63) is 53.1 Å². The quantitative estimate of drug-likeness (QED) is 0.767. The summed E-state index contributed by atoms with van der Waals surface area (Å²) in [6.45, 7) is 4.67. The SMILES string of the molecule is CCCc1c(C(=O)OCC)cnn1Cc1ccc(F)cc1. The second-order valence-corrected chi connectivity index (χ2v) is 4.76. The van der Waals surface area contributed by atoms with Crippen LogP contribution in [0, 0.1) is 5.82 Å². The Kier molecular flexibility index (Phi) is 5.09. The second kappa shape index (κ2) is 7.02. The van der Waals surface area contributed by atoms with E-state index in [1.807, 2.05) is 6.92 Å². The molecular weight excluding hydrogens is 271 g/mol. The fourth-order valence-corrected chi connectivity index (χ4v) is 2.19. The number of ether oxygens (including phenoxy) is 1. The van der Waals surface area contributed by atoms with Gasteiger partial charge in [-0.2, -0.15) is 5.10 Å². The number of hydrogen-bond donors (Lipinski definition) is 0. The predicted octanol–water partition coefficient (Wildman–Crippen LogP) is 3.20. The number of carbonyl (C=O) groups excluding carboxylic acids is 1. The molecule has 0 saturated heterocycles. The summed E-state index contributed by atoms with van der Waals surface area (Å²) in [6.07, 6.45) is 3.20. The molecule has 0 N–H and O–H groups in total. The van der Waals surface area contributed by atoms with Gasteiger partial charge in [0, 0.05) is 0 Å². The van der Waals surface area contributed by atoms with E-state index in [0.717, 1.165) is 24.1 Å². The molecule has 0 spiro atoms. The molecule has 0 aliphatic heterocycles. The summed E-state index contributed by atoms with van der Waals surface area (Å²) in [6, 6.07) is 6.28. The molecule has 0 unspecified atom stereocenters. The van der Waals surface area contributed by atoms with Gasteiger partial charge in [0.25, 0.3) is 0 Å². The molecule has 1 heterocycles. The van der Waals surface area contributed by atoms with Crippen LogP contribution >= 0.6 is 0 Å². The molecule has 21 heavy (non-hydrogen) atoms. The second-order valence-electron chi connectivity index (χ2n) is 4.76. The number of carbonyl (C=O) groups is 1. The molecule has 4 nitrogen and oxygen atoms in total. The lowest BCUT2D eigenvalue weighted by atomic mass is 10.1. The van der Waals surface area contributed by atoms with Gasteiger partial charge < -0.3 is 4.74 Å². The van der Waals surface area contributed by atoms with Gasteiger partial charge in [0.2, 0.25) is 0 Å². The van der Waals surface area contributed by atoms with E-state index in [-0.39, 0.29) is 11.8 Å². The molecule has 1 aromatic heterocycles. The first kappa shape index (κ1) is 15.2. The minimum absolute atomic E-state index is 0.264. The zero-order valence-electron chi connectivity index (χ0n) is 12.3. The molecule has 2 aromatic rings. The first-order valence-electron chi connectivity index (χ1n) is 7.12. The summed E-state index contributed by atoms with van der Waals surface area (Å²) in [5.74, 6) is -0.605. The standard InChI is InChI=1S/C16H19FN2O2/c1-3-5-15-14(16(20)21-4-2)10-18-19(15)11-12-6-8-13(17)9-7-12/h6-10H,3-5,11H2,1-2H3. The summed E-state index contributed by atoms with van der Waals surface area (Å²) in [5.41, 5.74) is 2.31. The Balaban J connectivity index is 2.26. The molecule has 0 radical (unpaired) electrons. The Hall–Kier alpha value is -2.17. The van der Waals surface area contributed by atoms with Gasteiger partial charge in [-0.15, -0.1) is 0 Å². The van der Waals surface area contributed by atoms with Crippen LogP contribution < -0.4 is 0 Å². The van der Waals surface area contributed by atoms with E-state index in [4.69, 9.17) is 4.74 Å². The zero-order chi connectivity index (χ0) is 15.2. The first-order valence-corrected chi connectivity index (χ1v) is 7.12. The normalized spacial score (nSPS) is 10.6. The lowest BCUT2D eigenvalue weighted by Gasteiger charge is -2.09. The van der Waals surface area contributed by atoms with E-state index in [1.54, 1.807) is 29.9 Å². The Morgan fingerprint density at radius 3 is 2.62 bits per heavy atom. The van der Waals surface area contributed by atoms with Gasteiger partial charge in [-0.25, -0.2) is 9.18 Å². The van der Waals surface area contributed by atoms with Crippen LogP contribution in [0.15, 0.2) is 30.5 Å². The van der Waals surface area contributed by atoms with Crippen LogP contribution in [0.2, 0.25) is 0 Å². The number of aromatic nitrogens is 2. The monoisotopic (exact) mass is 290 g/mol. The summed E-state index contributed by atoms with van der Waals surface area (Å²) in [7, 11) is 0. The lowest BCUT2D eigenvalue weighted by molar-refractivity contribution is 0.0525. The summed E-state index contributed by atoms with van der Waals surface area (Å²) >= 11 is 0. The molecule has 2 rings (SSSR count). The Bertz CT molecular complexity index is 605. The third kappa shape index (κ3) is 3.68. The maximum Gasteiger partial charge on any atom is 0.341 e. The van der Waals surface area contributed by atoms with E-state index in [9.17, 15) is 9.18 Å². The molecule has 112 valence electrons. The van der Waals surface area contributed by atoms with Gasteiger partial charge in [-0.3, -0.25) is 4.68 Å². The average Bonchev–Trinajstić information content (AvgIpc) is 2.85. The van der Waals surface area contributed by atoms with Crippen molar-refractivity contribution in [2.75, 3.05) is 6.61 Å². The Labute approximate surface area is 123 Å². The van der Waals surface area contributed by atoms with Crippen molar-refractivity contribution in [1.82, 2.24) is 9.78 Å². The van der Waals surface area contributed by atoms with Crippen LogP contribution in [-0.2, 0) is 17.7 Å². The van der Waals surface area contributed by atoms with E-state index < -0.39 is 0 Å². The summed E-state index contributed by atoms with van der Waals surface area (Å²) in [5, 5.41) is 4.28. The maximum absolute atomic E-state index is 12.9. The number of nitrogens with zero attached hydrogens (tertiary/aromatic N) is 2. The molecule has 0 aliphatic rings. The minimum Gasteiger partial charge on any atom is -0.462 e. The van der Waals surface area contributed by atoms with Gasteiger partial charge in [-0.1, -0.05) is 25.5 Å². The smallest absolute Gasteiger partial charge is 0.341 e. The highest BCUT2D eigenvalue weighted by Crippen LogP contribution is 2.15. The number of rotatable bonds is 6. The summed E-state index contributed by atoms with van der Waals surface area (Å²) in [4.78, 5) is 11.9. The zero-order valence-corrected chi connectivity index (χ0v) is 12.3. The first-order chi connectivity index (χ1) is 10.2. The molecule has 0 aliphatic carbocycles. The molecule has 0 saturated carbocycles. The van der Waals surface area contributed by atoms with Crippen molar-refractivity contribution in [1.29, 1.82) is 0 Å². The Morgan fingerprint density at radius 1 is 1.29 bits per heavy atom. The van der Waals surface area contributed by atoms with Crippen LogP contribution in [0.25, 0.3) is 0 Å². The summed E-state index contributed by atoms with van der Waals surface area (Å²) < 4.78 is 19.8. The number of hydrogen-bond acceptors (Lipinski definition) is 3. The van der Waals surface area contributed by atoms with Gasteiger partial charge in [0.15, 0.2) is 0 Å². The highest BCUT2D eigenvalue weighted by Gasteiger charge is 2.17. The van der Waals surface area contributed by atoms with E-state index in [2.05, 4.69) is 5.10 Å². The number of benzene rings is 1. The van der Waals surface area contributed by atoms with Gasteiger partial charge in [0.05, 0.1) is 25.0 Å². The van der Waals surface area contributed by atoms with Crippen molar-refractivity contribution < 1.29 is 13.9 Å². The largest absolute Gasteiger partial charge is 0.462 e. The fourth-order valence-electron chi connectivity index (χ4n) is 2.19. The van der Waals surface area contributed by atoms with Crippen molar-refractivity contribution in [2.45, 2.75) is 33.2 Å². The van der Waals surface area contributed by atoms with E-state index in [1.165, 1.54) is 12.1 Å². The van der Waals surface area contributed by atoms with E-state index in [0.29, 0.717) is 18.7 Å². The van der Waals surface area contributed by atoms with E-state index >= 15 is 0 Å². The van der Waals surface area contributed by atoms with Crippen molar-refractivity contribution in [2.24, 2.45) is 0 Å². The third-order valence-corrected chi connectivity index (χ3v) is 3.18. The fraction of sp³-hybridized carbons (Fsp3) is 0.375. The molecular formula is C16H19FN2O2. The molecule has 5 heteroatoms. The molecule has 1 aromatic carbocycles. The average molecular weight is 290 g/mol. The molecule has 0 bridgehead atoms. The highest BCUT2D eigenvalue weighted by molar-refractivity contribution is 5.90. The maximum atomic E-state index is 12.9. The third-order valence-electron chi connectivity index (χ3n) is 3.18. The molecule has 0 amide bonds. The predicted molar refractivity (Wildman–Crippen MR) is 77.7 cm³/mol. The van der Waals surface area contributed by atoms with Crippen molar-refractivity contribution in [3.63, 3.8) is 0 Å². The number of esters is 1.